The summed E-state index contributed by atoms with van der Waals surface area (Å²) in [7, 11) is -0.886. The van der Waals surface area contributed by atoms with Gasteiger partial charge in [-0.3, -0.25) is 4.21 Å². The van der Waals surface area contributed by atoms with Crippen LogP contribution in [0.5, 0.6) is 0 Å². The zero-order valence-corrected chi connectivity index (χ0v) is 11.2. The molecule has 2 unspecified atom stereocenters. The topological polar surface area (TPSA) is 95.5 Å². The maximum absolute atomic E-state index is 11.4. The van der Waals surface area contributed by atoms with Crippen molar-refractivity contribution in [2.24, 2.45) is 0 Å². The Morgan fingerprint density at radius 1 is 1.35 bits per heavy atom. The Morgan fingerprint density at radius 2 is 1.94 bits per heavy atom. The minimum atomic E-state index is -1.05. The summed E-state index contributed by atoms with van der Waals surface area (Å²) >= 11 is 0. The lowest BCUT2D eigenvalue weighted by atomic mass is 10.2. The van der Waals surface area contributed by atoms with Crippen LogP contribution >= 0.6 is 0 Å². The Kier molecular flexibility index (Phi) is 7.53. The van der Waals surface area contributed by atoms with Crippen LogP contribution in [-0.2, 0) is 15.6 Å². The lowest BCUT2D eigenvalue weighted by Gasteiger charge is -2.17. The van der Waals surface area contributed by atoms with Crippen molar-refractivity contribution >= 4 is 22.8 Å². The van der Waals surface area contributed by atoms with Gasteiger partial charge in [-0.2, -0.15) is 0 Å². The highest BCUT2D eigenvalue weighted by atomic mass is 32.2. The summed E-state index contributed by atoms with van der Waals surface area (Å²) in [5.74, 6) is -0.539. The smallest absolute Gasteiger partial charge is 0.326 e. The standard InChI is InChI=1S/C10H20N2O4S/c1-4-8(9(13)14)12-10(15)11-7(2)5-6-17(3)16/h7-8H,4-6H2,1-3H3,(H,13,14)(H2,11,12,15)/t7?,8-,17?/m1/s1. The molecule has 7 heteroatoms. The molecule has 0 rings (SSSR count). The molecule has 0 radical (unpaired) electrons. The Balaban J connectivity index is 3.99. The molecule has 0 saturated carbocycles. The van der Waals surface area contributed by atoms with E-state index >= 15 is 0 Å². The second-order valence-corrected chi connectivity index (χ2v) is 5.44. The number of hydrogen-bond donors (Lipinski definition) is 3. The summed E-state index contributed by atoms with van der Waals surface area (Å²) in [5.41, 5.74) is 0. The predicted molar refractivity (Wildman–Crippen MR) is 66.4 cm³/mol. The van der Waals surface area contributed by atoms with E-state index in [0.717, 1.165) is 0 Å². The molecule has 0 fully saturated rings. The fourth-order valence-electron chi connectivity index (χ4n) is 1.18. The number of hydrogen-bond acceptors (Lipinski definition) is 3. The summed E-state index contributed by atoms with van der Waals surface area (Å²) in [4.78, 5) is 22.1. The van der Waals surface area contributed by atoms with Gasteiger partial charge in [-0.05, 0) is 19.8 Å². The van der Waals surface area contributed by atoms with E-state index in [-0.39, 0.29) is 6.04 Å². The summed E-state index contributed by atoms with van der Waals surface area (Å²) < 4.78 is 10.9. The maximum Gasteiger partial charge on any atom is 0.326 e. The molecule has 0 aliphatic carbocycles. The molecular weight excluding hydrogens is 244 g/mol. The molecule has 0 spiro atoms. The van der Waals surface area contributed by atoms with Crippen LogP contribution in [0.25, 0.3) is 0 Å². The molecule has 6 nitrogen and oxygen atoms in total. The first kappa shape index (κ1) is 15.9. The summed E-state index contributed by atoms with van der Waals surface area (Å²) in [5, 5.41) is 13.7. The van der Waals surface area contributed by atoms with Gasteiger partial charge in [-0.15, -0.1) is 0 Å². The van der Waals surface area contributed by atoms with Gasteiger partial charge in [0.1, 0.15) is 6.04 Å². The fourth-order valence-corrected chi connectivity index (χ4v) is 1.86. The van der Waals surface area contributed by atoms with Gasteiger partial charge in [-0.1, -0.05) is 6.92 Å². The second-order valence-electron chi connectivity index (χ2n) is 3.88. The van der Waals surface area contributed by atoms with E-state index in [1.54, 1.807) is 20.1 Å². The third kappa shape index (κ3) is 7.73. The molecule has 17 heavy (non-hydrogen) atoms. The lowest BCUT2D eigenvalue weighted by Crippen LogP contribution is -2.48. The molecule has 2 amide bonds. The van der Waals surface area contributed by atoms with Crippen LogP contribution in [0.3, 0.4) is 0 Å². The van der Waals surface area contributed by atoms with Gasteiger partial charge < -0.3 is 15.7 Å². The minimum Gasteiger partial charge on any atom is -0.480 e. The van der Waals surface area contributed by atoms with Crippen LogP contribution in [0.2, 0.25) is 0 Å². The zero-order chi connectivity index (χ0) is 13.4. The number of carbonyl (C=O) groups is 2. The number of nitrogens with one attached hydrogen (secondary N) is 2. The second kappa shape index (κ2) is 8.05. The molecule has 0 aliphatic rings. The Hall–Kier alpha value is -1.11. The maximum atomic E-state index is 11.4. The number of rotatable bonds is 7. The van der Waals surface area contributed by atoms with Crippen LogP contribution in [0, 0.1) is 0 Å². The van der Waals surface area contributed by atoms with Crippen molar-refractivity contribution in [1.29, 1.82) is 0 Å². The third-order valence-electron chi connectivity index (χ3n) is 2.23. The molecule has 0 bridgehead atoms. The van der Waals surface area contributed by atoms with Gasteiger partial charge >= 0.3 is 12.0 Å². The highest BCUT2D eigenvalue weighted by Crippen LogP contribution is 1.94. The van der Waals surface area contributed by atoms with Gasteiger partial charge in [0.05, 0.1) is 0 Å². The SMILES string of the molecule is CC[C@@H](NC(=O)NC(C)CCS(C)=O)C(=O)O. The number of aliphatic carboxylic acids is 1. The average molecular weight is 264 g/mol. The summed E-state index contributed by atoms with van der Waals surface area (Å²) in [6, 6.07) is -1.51. The number of carbonyl (C=O) groups excluding carboxylic acids is 1. The molecule has 100 valence electrons. The van der Waals surface area contributed by atoms with E-state index in [1.807, 2.05) is 0 Å². The van der Waals surface area contributed by atoms with Crippen LogP contribution in [0.15, 0.2) is 0 Å². The highest BCUT2D eigenvalue weighted by Gasteiger charge is 2.18. The van der Waals surface area contributed by atoms with Crippen molar-refractivity contribution in [3.63, 3.8) is 0 Å². The number of carboxylic acid groups (broad SMARTS) is 1. The summed E-state index contributed by atoms with van der Waals surface area (Å²) in [6.45, 7) is 3.47. The quantitative estimate of drug-likeness (QED) is 0.616. The van der Waals surface area contributed by atoms with Gasteiger partial charge in [0.25, 0.3) is 0 Å². The number of carboxylic acids is 1. The fraction of sp³-hybridized carbons (Fsp3) is 0.800. The van der Waals surface area contributed by atoms with Crippen LogP contribution < -0.4 is 10.6 Å². The average Bonchev–Trinajstić information content (AvgIpc) is 2.22. The predicted octanol–water partition coefficient (Wildman–Crippen LogP) is 0.306. The molecule has 0 aromatic rings. The highest BCUT2D eigenvalue weighted by molar-refractivity contribution is 7.84. The number of urea groups is 1. The molecule has 0 aromatic carbocycles. The molecule has 0 aliphatic heterocycles. The van der Waals surface area contributed by atoms with Gasteiger partial charge in [0.2, 0.25) is 0 Å². The Labute approximate surface area is 104 Å². The normalized spacial score (nSPS) is 15.7. The van der Waals surface area contributed by atoms with E-state index in [0.29, 0.717) is 18.6 Å². The van der Waals surface area contributed by atoms with Crippen molar-refractivity contribution in [3.05, 3.63) is 0 Å². The molecule has 3 atom stereocenters. The van der Waals surface area contributed by atoms with Gasteiger partial charge in [0.15, 0.2) is 0 Å². The zero-order valence-electron chi connectivity index (χ0n) is 10.4. The molecule has 3 N–H and O–H groups in total. The summed E-state index contributed by atoms with van der Waals surface area (Å²) in [6.07, 6.45) is 2.53. The van der Waals surface area contributed by atoms with Crippen LogP contribution in [0.1, 0.15) is 26.7 Å². The number of amides is 2. The first-order valence-electron chi connectivity index (χ1n) is 5.46. The van der Waals surface area contributed by atoms with Gasteiger partial charge in [-0.25, -0.2) is 9.59 Å². The first-order chi connectivity index (χ1) is 7.86. The van der Waals surface area contributed by atoms with Crippen LogP contribution in [0.4, 0.5) is 4.79 Å². The van der Waals surface area contributed by atoms with Gasteiger partial charge in [0, 0.05) is 28.9 Å². The molecule has 0 saturated heterocycles. The van der Waals surface area contributed by atoms with Crippen molar-refractivity contribution in [2.75, 3.05) is 12.0 Å². The lowest BCUT2D eigenvalue weighted by molar-refractivity contribution is -0.139. The van der Waals surface area contributed by atoms with Crippen LogP contribution in [-0.4, -0.2) is 45.4 Å². The van der Waals surface area contributed by atoms with Crippen molar-refractivity contribution in [1.82, 2.24) is 10.6 Å². The van der Waals surface area contributed by atoms with E-state index < -0.39 is 28.8 Å². The van der Waals surface area contributed by atoms with Crippen molar-refractivity contribution < 1.29 is 18.9 Å². The molecule has 0 aromatic heterocycles. The largest absolute Gasteiger partial charge is 0.480 e. The minimum absolute atomic E-state index is 0.134. The molecule has 0 heterocycles. The third-order valence-corrected chi connectivity index (χ3v) is 3.04. The Bertz CT molecular complexity index is 296. The van der Waals surface area contributed by atoms with E-state index in [2.05, 4.69) is 10.6 Å². The molecular formula is C10H20N2O4S. The van der Waals surface area contributed by atoms with E-state index in [4.69, 9.17) is 5.11 Å². The van der Waals surface area contributed by atoms with E-state index in [1.165, 1.54) is 0 Å². The van der Waals surface area contributed by atoms with E-state index in [9.17, 15) is 13.8 Å². The monoisotopic (exact) mass is 264 g/mol. The van der Waals surface area contributed by atoms with Crippen molar-refractivity contribution in [3.8, 4) is 0 Å². The van der Waals surface area contributed by atoms with Crippen molar-refractivity contribution in [2.45, 2.75) is 38.8 Å². The Morgan fingerprint density at radius 3 is 2.35 bits per heavy atom. The first-order valence-corrected chi connectivity index (χ1v) is 7.19.